The third-order valence-corrected chi connectivity index (χ3v) is 4.09. The third kappa shape index (κ3) is 3.18. The van der Waals surface area contributed by atoms with Crippen LogP contribution in [0.3, 0.4) is 0 Å². The van der Waals surface area contributed by atoms with E-state index in [1.54, 1.807) is 4.57 Å². The van der Waals surface area contributed by atoms with Crippen molar-refractivity contribution in [3.63, 3.8) is 0 Å². The number of anilines is 1. The van der Waals surface area contributed by atoms with E-state index < -0.39 is 5.97 Å². The van der Waals surface area contributed by atoms with E-state index in [0.717, 1.165) is 41.4 Å². The molecule has 0 aliphatic carbocycles. The van der Waals surface area contributed by atoms with Crippen LogP contribution >= 0.6 is 11.8 Å². The number of hydrogen-bond acceptors (Lipinski definition) is 5. The molecule has 0 spiro atoms. The van der Waals surface area contributed by atoms with Crippen LogP contribution in [0, 0.1) is 0 Å². The van der Waals surface area contributed by atoms with Gasteiger partial charge in [-0.05, 0) is 24.0 Å². The summed E-state index contributed by atoms with van der Waals surface area (Å²) in [4.78, 5) is 10.8. The van der Waals surface area contributed by atoms with Gasteiger partial charge in [0.15, 0.2) is 5.16 Å². The quantitative estimate of drug-likeness (QED) is 0.794. The van der Waals surface area contributed by atoms with E-state index in [1.807, 2.05) is 18.2 Å². The summed E-state index contributed by atoms with van der Waals surface area (Å²) in [6.07, 6.45) is 1.70. The number of carboxylic acids is 1. The lowest BCUT2D eigenvalue weighted by Crippen LogP contribution is -2.09. The molecule has 0 fully saturated rings. The minimum Gasteiger partial charge on any atom is -0.481 e. The van der Waals surface area contributed by atoms with Crippen LogP contribution in [0.1, 0.15) is 25.0 Å². The molecule has 6 nitrogen and oxygen atoms in total. The fourth-order valence-electron chi connectivity index (χ4n) is 2.21. The predicted molar refractivity (Wildman–Crippen MR) is 82.9 cm³/mol. The number of hydrogen-bond donors (Lipinski definition) is 2. The number of carbonyl (C=O) groups is 1. The molecule has 0 atom stereocenters. The Kier molecular flexibility index (Phi) is 4.85. The smallest absolute Gasteiger partial charge is 0.313 e. The molecule has 1 heterocycles. The van der Waals surface area contributed by atoms with E-state index in [-0.39, 0.29) is 11.7 Å². The van der Waals surface area contributed by atoms with Crippen LogP contribution < -0.4 is 5.73 Å². The molecule has 0 bridgehead atoms. The van der Waals surface area contributed by atoms with Crippen molar-refractivity contribution < 1.29 is 9.90 Å². The summed E-state index contributed by atoms with van der Waals surface area (Å²) in [5, 5.41) is 17.2. The molecule has 3 N–H and O–H groups in total. The second kappa shape index (κ2) is 6.62. The zero-order chi connectivity index (χ0) is 15.4. The van der Waals surface area contributed by atoms with Gasteiger partial charge in [0.25, 0.3) is 0 Å². The number of rotatable bonds is 6. The van der Waals surface area contributed by atoms with Crippen LogP contribution in [0.25, 0.3) is 5.69 Å². The normalized spacial score (nSPS) is 10.8. The van der Waals surface area contributed by atoms with Gasteiger partial charge in [-0.25, -0.2) is 0 Å². The Morgan fingerprint density at radius 3 is 2.43 bits per heavy atom. The van der Waals surface area contributed by atoms with Crippen LogP contribution in [0.2, 0.25) is 0 Å². The highest BCUT2D eigenvalue weighted by Crippen LogP contribution is 2.28. The molecule has 0 unspecified atom stereocenters. The van der Waals surface area contributed by atoms with Crippen LogP contribution in [0.5, 0.6) is 0 Å². The third-order valence-electron chi connectivity index (χ3n) is 3.17. The summed E-state index contributed by atoms with van der Waals surface area (Å²) in [6.45, 7) is 4.14. The van der Waals surface area contributed by atoms with Gasteiger partial charge < -0.3 is 10.8 Å². The van der Waals surface area contributed by atoms with Crippen molar-refractivity contribution in [3.05, 3.63) is 29.3 Å². The van der Waals surface area contributed by atoms with Crippen molar-refractivity contribution in [2.75, 3.05) is 11.5 Å². The molecule has 7 heteroatoms. The molecule has 0 amide bonds. The first-order valence-corrected chi connectivity index (χ1v) is 7.73. The van der Waals surface area contributed by atoms with E-state index in [9.17, 15) is 4.79 Å². The van der Waals surface area contributed by atoms with Crippen LogP contribution in [0.15, 0.2) is 23.4 Å². The molecule has 0 saturated carbocycles. The van der Waals surface area contributed by atoms with Crippen molar-refractivity contribution in [1.29, 1.82) is 0 Å². The second-order valence-electron chi connectivity index (χ2n) is 4.49. The molecule has 0 radical (unpaired) electrons. The van der Waals surface area contributed by atoms with E-state index in [0.29, 0.717) is 5.16 Å². The molecule has 21 heavy (non-hydrogen) atoms. The number of nitrogens with zero attached hydrogens (tertiary/aromatic N) is 3. The molecule has 2 aromatic rings. The Balaban J connectivity index is 2.56. The average molecular weight is 306 g/mol. The van der Waals surface area contributed by atoms with Gasteiger partial charge in [0.1, 0.15) is 0 Å². The van der Waals surface area contributed by atoms with Crippen molar-refractivity contribution in [3.8, 4) is 5.69 Å². The maximum Gasteiger partial charge on any atom is 0.313 e. The predicted octanol–water partition coefficient (Wildman–Crippen LogP) is 2.15. The molecule has 0 aliphatic heterocycles. The molecule has 1 aromatic carbocycles. The summed E-state index contributed by atoms with van der Waals surface area (Å²) in [5.41, 5.74) is 9.20. The van der Waals surface area contributed by atoms with Gasteiger partial charge in [0.2, 0.25) is 5.95 Å². The Morgan fingerprint density at radius 2 is 1.90 bits per heavy atom. The topological polar surface area (TPSA) is 94.0 Å². The second-order valence-corrected chi connectivity index (χ2v) is 5.43. The Bertz CT molecular complexity index is 632. The Labute approximate surface area is 127 Å². The molecule has 112 valence electrons. The lowest BCUT2D eigenvalue weighted by Gasteiger charge is -2.16. The Morgan fingerprint density at radius 1 is 1.29 bits per heavy atom. The first-order chi connectivity index (χ1) is 10.1. The van der Waals surface area contributed by atoms with E-state index >= 15 is 0 Å². The van der Waals surface area contributed by atoms with Gasteiger partial charge in [-0.2, -0.15) is 0 Å². The van der Waals surface area contributed by atoms with Crippen LogP contribution in [-0.4, -0.2) is 31.6 Å². The van der Waals surface area contributed by atoms with E-state index in [4.69, 9.17) is 10.8 Å². The first-order valence-electron chi connectivity index (χ1n) is 6.75. The number of para-hydroxylation sites is 1. The minimum absolute atomic E-state index is 0.0755. The number of benzene rings is 1. The van der Waals surface area contributed by atoms with Crippen LogP contribution in [-0.2, 0) is 17.6 Å². The molecule has 1 aromatic heterocycles. The first kappa shape index (κ1) is 15.4. The average Bonchev–Trinajstić information content (AvgIpc) is 2.84. The summed E-state index contributed by atoms with van der Waals surface area (Å²) in [6, 6.07) is 6.10. The summed E-state index contributed by atoms with van der Waals surface area (Å²) < 4.78 is 1.76. The lowest BCUT2D eigenvalue weighted by atomic mass is 10.0. The summed E-state index contributed by atoms with van der Waals surface area (Å²) >= 11 is 1.12. The number of nitrogens with two attached hydrogens (primary N) is 1. The van der Waals surface area contributed by atoms with Gasteiger partial charge in [0, 0.05) is 0 Å². The highest BCUT2D eigenvalue weighted by molar-refractivity contribution is 7.99. The lowest BCUT2D eigenvalue weighted by molar-refractivity contribution is -0.133. The molecule has 0 saturated heterocycles. The minimum atomic E-state index is -0.896. The molecule has 0 aliphatic rings. The van der Waals surface area contributed by atoms with Crippen LogP contribution in [0.4, 0.5) is 5.95 Å². The zero-order valence-electron chi connectivity index (χ0n) is 12.0. The largest absolute Gasteiger partial charge is 0.481 e. The van der Waals surface area contributed by atoms with Gasteiger partial charge in [-0.15, -0.1) is 10.2 Å². The summed E-state index contributed by atoms with van der Waals surface area (Å²) in [7, 11) is 0. The molecule has 2 rings (SSSR count). The molecular formula is C14H18N4O2S. The maximum atomic E-state index is 10.8. The number of thioether (sulfide) groups is 1. The summed E-state index contributed by atoms with van der Waals surface area (Å²) in [5.74, 6) is -0.695. The number of aliphatic carboxylic acids is 1. The SMILES string of the molecule is CCc1cccc(CC)c1-n1c(N)nnc1SCC(=O)O. The standard InChI is InChI=1S/C14H18N4O2S/c1-3-9-6-5-7-10(4-2)12(9)18-13(15)16-17-14(18)21-8-11(19)20/h5-7H,3-4,8H2,1-2H3,(H2,15,16)(H,19,20). The Hall–Kier alpha value is -2.02. The number of nitrogen functional groups attached to an aromatic ring is 1. The number of aromatic nitrogens is 3. The highest BCUT2D eigenvalue weighted by atomic mass is 32.2. The van der Waals surface area contributed by atoms with Gasteiger partial charge >= 0.3 is 5.97 Å². The number of carboxylic acid groups (broad SMARTS) is 1. The van der Waals surface area contributed by atoms with Gasteiger partial charge in [-0.3, -0.25) is 9.36 Å². The van der Waals surface area contributed by atoms with Gasteiger partial charge in [0.05, 0.1) is 11.4 Å². The molecular weight excluding hydrogens is 288 g/mol. The maximum absolute atomic E-state index is 10.8. The fraction of sp³-hybridized carbons (Fsp3) is 0.357. The highest BCUT2D eigenvalue weighted by Gasteiger charge is 2.18. The monoisotopic (exact) mass is 306 g/mol. The van der Waals surface area contributed by atoms with Crippen molar-refractivity contribution in [2.24, 2.45) is 0 Å². The van der Waals surface area contributed by atoms with E-state index in [1.165, 1.54) is 0 Å². The van der Waals surface area contributed by atoms with Gasteiger partial charge in [-0.1, -0.05) is 43.8 Å². The number of aryl methyl sites for hydroxylation is 2. The van der Waals surface area contributed by atoms with Crippen molar-refractivity contribution >= 4 is 23.7 Å². The van der Waals surface area contributed by atoms with Crippen molar-refractivity contribution in [2.45, 2.75) is 31.8 Å². The van der Waals surface area contributed by atoms with E-state index in [2.05, 4.69) is 24.0 Å². The van der Waals surface area contributed by atoms with Crippen molar-refractivity contribution in [1.82, 2.24) is 14.8 Å². The fourth-order valence-corrected chi connectivity index (χ4v) is 2.88. The zero-order valence-corrected chi connectivity index (χ0v) is 12.9.